The van der Waals surface area contributed by atoms with Crippen LogP contribution in [0.25, 0.3) is 49.9 Å². The predicted molar refractivity (Wildman–Crippen MR) is 257 cm³/mol. The van der Waals surface area contributed by atoms with Gasteiger partial charge in [-0.15, -0.1) is 0 Å². The zero-order valence-corrected chi connectivity index (χ0v) is 35.7. The standard InChI is InChI=1S/C56H49N5/c1-55(2,3)38-31-32-57-52(33-38)61-48-24-13-11-21-43(48)44-28-27-40(35-51(44)61)58(6)39-19-16-20-41(34-39)59-36-60(50-26-15-14-25-49(50)59)54-42(37-17-8-7-9-18-37)29-30-47-53(54)45-22-10-12-23-46(45)56(47,4)5/h7-35H,36H2,1-6H3. The molecule has 0 saturated carbocycles. The summed E-state index contributed by atoms with van der Waals surface area (Å²) in [5.74, 6) is 0.934. The highest BCUT2D eigenvalue weighted by Gasteiger charge is 2.40. The molecule has 0 spiro atoms. The number of hydrogen-bond acceptors (Lipinski definition) is 4. The van der Waals surface area contributed by atoms with Gasteiger partial charge in [-0.05, 0) is 93.9 Å². The molecule has 61 heavy (non-hydrogen) atoms. The molecule has 3 heterocycles. The van der Waals surface area contributed by atoms with Crippen molar-refractivity contribution in [1.82, 2.24) is 9.55 Å². The summed E-state index contributed by atoms with van der Waals surface area (Å²) in [5, 5.41) is 2.44. The summed E-state index contributed by atoms with van der Waals surface area (Å²) in [6, 6.07) is 62.4. The molecular weight excluding hydrogens is 743 g/mol. The van der Waals surface area contributed by atoms with Crippen molar-refractivity contribution in [2.45, 2.75) is 45.4 Å². The Morgan fingerprint density at radius 2 is 1.28 bits per heavy atom. The molecule has 2 aliphatic rings. The van der Waals surface area contributed by atoms with Gasteiger partial charge in [-0.2, -0.15) is 0 Å². The molecule has 9 aromatic rings. The first-order valence-electron chi connectivity index (χ1n) is 21.4. The third kappa shape index (κ3) is 5.78. The third-order valence-electron chi connectivity index (χ3n) is 13.2. The fourth-order valence-corrected chi connectivity index (χ4v) is 9.97. The highest BCUT2D eigenvalue weighted by atomic mass is 15.4. The van der Waals surface area contributed by atoms with Gasteiger partial charge in [0.05, 0.1) is 28.1 Å². The highest BCUT2D eigenvalue weighted by Crippen LogP contribution is 2.57. The molecule has 0 saturated heterocycles. The summed E-state index contributed by atoms with van der Waals surface area (Å²) in [6.45, 7) is 12.2. The summed E-state index contributed by atoms with van der Waals surface area (Å²) < 4.78 is 2.33. The third-order valence-corrected chi connectivity index (χ3v) is 13.2. The molecular formula is C56H49N5. The zero-order valence-electron chi connectivity index (χ0n) is 35.7. The maximum absolute atomic E-state index is 4.93. The number of para-hydroxylation sites is 3. The van der Waals surface area contributed by atoms with Crippen LogP contribution < -0.4 is 14.7 Å². The first kappa shape index (κ1) is 36.9. The van der Waals surface area contributed by atoms with E-state index in [1.165, 1.54) is 66.8 Å². The molecule has 5 heteroatoms. The van der Waals surface area contributed by atoms with Crippen LogP contribution in [0.5, 0.6) is 0 Å². The number of anilines is 6. The Kier molecular flexibility index (Phi) is 8.30. The number of pyridine rings is 1. The van der Waals surface area contributed by atoms with Crippen LogP contribution in [0.15, 0.2) is 176 Å². The van der Waals surface area contributed by atoms with Crippen molar-refractivity contribution in [3.05, 3.63) is 193 Å². The first-order chi connectivity index (χ1) is 29.6. The monoisotopic (exact) mass is 791 g/mol. The van der Waals surface area contributed by atoms with E-state index in [1.807, 2.05) is 6.20 Å². The number of hydrogen-bond donors (Lipinski definition) is 0. The highest BCUT2D eigenvalue weighted by molar-refractivity contribution is 6.10. The van der Waals surface area contributed by atoms with Crippen LogP contribution in [0.3, 0.4) is 0 Å². The van der Waals surface area contributed by atoms with Crippen molar-refractivity contribution in [2.75, 3.05) is 28.4 Å². The lowest BCUT2D eigenvalue weighted by Crippen LogP contribution is -2.25. The van der Waals surface area contributed by atoms with Crippen molar-refractivity contribution in [1.29, 1.82) is 0 Å². The van der Waals surface area contributed by atoms with Crippen LogP contribution in [0.4, 0.5) is 34.1 Å². The van der Waals surface area contributed by atoms with E-state index in [1.54, 1.807) is 0 Å². The molecule has 0 atom stereocenters. The number of nitrogens with zero attached hydrogens (tertiary/aromatic N) is 5. The fourth-order valence-electron chi connectivity index (χ4n) is 9.97. The van der Waals surface area contributed by atoms with Gasteiger partial charge in [0, 0.05) is 57.6 Å². The Hall–Kier alpha value is -7.11. The number of fused-ring (bicyclic) bond motifs is 7. The minimum absolute atomic E-state index is 0.00732. The summed E-state index contributed by atoms with van der Waals surface area (Å²) in [5.41, 5.74) is 18.3. The van der Waals surface area contributed by atoms with E-state index in [0.717, 1.165) is 33.9 Å². The van der Waals surface area contributed by atoms with Crippen LogP contribution in [-0.2, 0) is 10.8 Å². The summed E-state index contributed by atoms with van der Waals surface area (Å²) in [4.78, 5) is 12.3. The van der Waals surface area contributed by atoms with Crippen LogP contribution in [-0.4, -0.2) is 23.3 Å². The van der Waals surface area contributed by atoms with E-state index >= 15 is 0 Å². The Morgan fingerprint density at radius 3 is 2.10 bits per heavy atom. The average Bonchev–Trinajstić information content (AvgIpc) is 3.91. The molecule has 0 unspecified atom stereocenters. The molecule has 1 aliphatic heterocycles. The van der Waals surface area contributed by atoms with Crippen LogP contribution >= 0.6 is 0 Å². The molecule has 0 bridgehead atoms. The molecule has 11 rings (SSSR count). The fraction of sp³-hybridized carbons (Fsp3) is 0.161. The van der Waals surface area contributed by atoms with Gasteiger partial charge in [-0.25, -0.2) is 4.98 Å². The molecule has 1 aliphatic carbocycles. The molecule has 0 radical (unpaired) electrons. The molecule has 298 valence electrons. The van der Waals surface area contributed by atoms with Gasteiger partial charge in [-0.3, -0.25) is 4.57 Å². The van der Waals surface area contributed by atoms with Crippen molar-refractivity contribution in [3.8, 4) is 28.1 Å². The molecule has 7 aromatic carbocycles. The number of rotatable bonds is 6. The molecule has 0 amide bonds. The largest absolute Gasteiger partial charge is 0.344 e. The Bertz CT molecular complexity index is 3170. The van der Waals surface area contributed by atoms with E-state index in [2.05, 4.69) is 231 Å². The van der Waals surface area contributed by atoms with Gasteiger partial charge in [0.1, 0.15) is 12.5 Å². The van der Waals surface area contributed by atoms with Gasteiger partial charge in [-0.1, -0.05) is 144 Å². The van der Waals surface area contributed by atoms with Gasteiger partial charge < -0.3 is 14.7 Å². The second-order valence-corrected chi connectivity index (χ2v) is 18.2. The Labute approximate surface area is 358 Å². The van der Waals surface area contributed by atoms with E-state index < -0.39 is 0 Å². The Morgan fingerprint density at radius 1 is 0.574 bits per heavy atom. The number of benzene rings is 7. The van der Waals surface area contributed by atoms with Crippen molar-refractivity contribution < 1.29 is 0 Å². The van der Waals surface area contributed by atoms with Gasteiger partial charge in [0.15, 0.2) is 0 Å². The van der Waals surface area contributed by atoms with Gasteiger partial charge in [0.25, 0.3) is 0 Å². The van der Waals surface area contributed by atoms with Crippen LogP contribution in [0, 0.1) is 0 Å². The zero-order chi connectivity index (χ0) is 41.6. The van der Waals surface area contributed by atoms with Crippen molar-refractivity contribution >= 4 is 55.9 Å². The van der Waals surface area contributed by atoms with Crippen molar-refractivity contribution in [2.24, 2.45) is 0 Å². The molecule has 0 fully saturated rings. The SMILES string of the molecule is CN(c1cccc(N2CN(c3c(-c4ccccc4)ccc4c3-c3ccccc3C4(C)C)c3ccccc32)c1)c1ccc2c3ccccc3n(-c3cc(C(C)(C)C)ccn3)c2c1. The lowest BCUT2D eigenvalue weighted by Gasteiger charge is -2.29. The predicted octanol–water partition coefficient (Wildman–Crippen LogP) is 14.5. The van der Waals surface area contributed by atoms with E-state index in [0.29, 0.717) is 6.67 Å². The smallest absolute Gasteiger partial charge is 0.137 e. The normalized spacial score (nSPS) is 14.1. The van der Waals surface area contributed by atoms with Crippen LogP contribution in [0.2, 0.25) is 0 Å². The average molecular weight is 792 g/mol. The number of aromatic nitrogens is 2. The topological polar surface area (TPSA) is 27.5 Å². The summed E-state index contributed by atoms with van der Waals surface area (Å²) >= 11 is 0. The summed E-state index contributed by atoms with van der Waals surface area (Å²) in [7, 11) is 2.18. The van der Waals surface area contributed by atoms with Gasteiger partial charge >= 0.3 is 0 Å². The maximum Gasteiger partial charge on any atom is 0.137 e. The van der Waals surface area contributed by atoms with Gasteiger partial charge in [0.2, 0.25) is 0 Å². The van der Waals surface area contributed by atoms with Crippen LogP contribution in [0.1, 0.15) is 51.3 Å². The lowest BCUT2D eigenvalue weighted by atomic mass is 9.82. The van der Waals surface area contributed by atoms with E-state index in [4.69, 9.17) is 4.98 Å². The molecule has 0 N–H and O–H groups in total. The first-order valence-corrected chi connectivity index (χ1v) is 21.4. The van der Waals surface area contributed by atoms with E-state index in [9.17, 15) is 0 Å². The summed E-state index contributed by atoms with van der Waals surface area (Å²) in [6.07, 6.45) is 1.95. The molecule has 5 nitrogen and oxygen atoms in total. The van der Waals surface area contributed by atoms with Crippen molar-refractivity contribution in [3.63, 3.8) is 0 Å². The second kappa shape index (κ2) is 13.7. The second-order valence-electron chi connectivity index (χ2n) is 18.2. The molecule has 2 aromatic heterocycles. The minimum Gasteiger partial charge on any atom is -0.344 e. The maximum atomic E-state index is 4.93. The lowest BCUT2D eigenvalue weighted by molar-refractivity contribution is 0.588. The Balaban J connectivity index is 1.01. The quantitative estimate of drug-likeness (QED) is 0.168. The minimum atomic E-state index is -0.113. The van der Waals surface area contributed by atoms with E-state index in [-0.39, 0.29) is 10.8 Å².